The van der Waals surface area contributed by atoms with Crippen LogP contribution in [0.2, 0.25) is 0 Å². The number of hydrogen-bond donors (Lipinski definition) is 4. The van der Waals surface area contributed by atoms with Gasteiger partial charge >= 0.3 is 5.97 Å². The highest BCUT2D eigenvalue weighted by Crippen LogP contribution is 2.43. The number of nitrogens with zero attached hydrogens (tertiary/aromatic N) is 2. The maximum absolute atomic E-state index is 14.0. The van der Waals surface area contributed by atoms with Crippen molar-refractivity contribution in [3.63, 3.8) is 0 Å². The molecular formula is C40H37N3O13S3. The van der Waals surface area contributed by atoms with Gasteiger partial charge in [0.2, 0.25) is 0 Å². The Hall–Kier alpha value is -5.96. The Morgan fingerprint density at radius 3 is 2.14 bits per heavy atom. The average molecular weight is 864 g/mol. The standard InChI is InChI=1S/C40H37N3O13S3/c1-43(19-7-12-38(44)55-2)40(45)30-10-5-4-9-29(30)39-31-18-15-27(41-24-26-8-3-6-11-36(26)58(49,50)51)20-34(31)56-35-22-33(37(21-32(35)39)59(52,53)54)42-23-25-13-16-28(17-14-25)57(46,47)48/h3-6,8-11,13-18,20-22,41H,7,12,19,23-24H2,1-2H3,(H,46,47,48)(H,49,50,51)(H,52,53,54). The van der Waals surface area contributed by atoms with E-state index in [0.29, 0.717) is 34.2 Å². The molecule has 1 aliphatic carbocycles. The van der Waals surface area contributed by atoms with Crippen molar-refractivity contribution in [2.24, 2.45) is 4.99 Å². The Morgan fingerprint density at radius 2 is 1.46 bits per heavy atom. The zero-order valence-corrected chi connectivity index (χ0v) is 33.8. The third-order valence-electron chi connectivity index (χ3n) is 9.34. The lowest BCUT2D eigenvalue weighted by atomic mass is 9.90. The molecule has 0 fully saturated rings. The zero-order chi connectivity index (χ0) is 42.7. The number of carbonyl (C=O) groups excluding carboxylic acids is 2. The first-order valence-corrected chi connectivity index (χ1v) is 22.0. The number of ether oxygens (including phenoxy) is 1. The molecule has 308 valence electrons. The van der Waals surface area contributed by atoms with Gasteiger partial charge in [-0.1, -0.05) is 48.5 Å². The molecule has 6 rings (SSSR count). The van der Waals surface area contributed by atoms with Crippen LogP contribution in [0.1, 0.15) is 34.3 Å². The van der Waals surface area contributed by atoms with E-state index in [1.807, 2.05) is 0 Å². The van der Waals surface area contributed by atoms with E-state index in [2.05, 4.69) is 10.3 Å². The van der Waals surface area contributed by atoms with Crippen molar-refractivity contribution in [1.29, 1.82) is 0 Å². The molecule has 4 N–H and O–H groups in total. The van der Waals surface area contributed by atoms with E-state index in [0.717, 1.165) is 12.1 Å². The number of benzene rings is 5. The Morgan fingerprint density at radius 1 is 0.780 bits per heavy atom. The molecule has 4 aromatic rings. The van der Waals surface area contributed by atoms with Crippen LogP contribution in [0.4, 0.5) is 5.69 Å². The minimum atomic E-state index is -4.95. The summed E-state index contributed by atoms with van der Waals surface area (Å²) in [4.78, 5) is 30.4. The van der Waals surface area contributed by atoms with Gasteiger partial charge in [-0.25, -0.2) is 0 Å². The summed E-state index contributed by atoms with van der Waals surface area (Å²) in [6.45, 7) is 0.00637. The van der Waals surface area contributed by atoms with Crippen LogP contribution in [0.15, 0.2) is 127 Å². The Bertz CT molecular complexity index is 2970. The van der Waals surface area contributed by atoms with Crippen molar-refractivity contribution in [3.05, 3.63) is 125 Å². The molecule has 0 atom stereocenters. The molecule has 0 unspecified atom stereocenters. The number of esters is 1. The van der Waals surface area contributed by atoms with Crippen LogP contribution in [0.5, 0.6) is 0 Å². The first-order valence-electron chi connectivity index (χ1n) is 17.6. The molecule has 4 aromatic carbocycles. The molecule has 59 heavy (non-hydrogen) atoms. The number of hydrogen-bond acceptors (Lipinski definition) is 12. The molecule has 1 aliphatic heterocycles. The molecule has 1 amide bonds. The summed E-state index contributed by atoms with van der Waals surface area (Å²) in [5.74, 6) is -0.752. The minimum Gasteiger partial charge on any atom is -0.469 e. The summed E-state index contributed by atoms with van der Waals surface area (Å²) in [7, 11) is -11.1. The fourth-order valence-electron chi connectivity index (χ4n) is 6.44. The average Bonchev–Trinajstić information content (AvgIpc) is 3.19. The predicted octanol–water partition coefficient (Wildman–Crippen LogP) is 5.68. The van der Waals surface area contributed by atoms with Gasteiger partial charge in [0.1, 0.15) is 16.2 Å². The van der Waals surface area contributed by atoms with Gasteiger partial charge in [-0.3, -0.25) is 28.2 Å². The molecule has 2 aliphatic rings. The van der Waals surface area contributed by atoms with Crippen molar-refractivity contribution in [2.45, 2.75) is 40.6 Å². The lowest BCUT2D eigenvalue weighted by molar-refractivity contribution is -0.140. The van der Waals surface area contributed by atoms with Crippen LogP contribution in [-0.2, 0) is 53.0 Å². The molecular weight excluding hydrogens is 827 g/mol. The highest BCUT2D eigenvalue weighted by atomic mass is 32.2. The topological polar surface area (TPSA) is 247 Å². The van der Waals surface area contributed by atoms with E-state index in [9.17, 15) is 48.5 Å². The monoisotopic (exact) mass is 863 g/mol. The predicted molar refractivity (Wildman–Crippen MR) is 215 cm³/mol. The lowest BCUT2D eigenvalue weighted by Crippen LogP contribution is -2.28. The summed E-state index contributed by atoms with van der Waals surface area (Å²) in [6.07, 6.45) is 0.414. The van der Waals surface area contributed by atoms with Gasteiger partial charge in [0.15, 0.2) is 0 Å². The fraction of sp³-hybridized carbons (Fsp3) is 0.175. The minimum absolute atomic E-state index is 0.0203. The van der Waals surface area contributed by atoms with Crippen LogP contribution < -0.4 is 10.7 Å². The molecule has 0 saturated heterocycles. The molecule has 0 saturated carbocycles. The second kappa shape index (κ2) is 17.1. The van der Waals surface area contributed by atoms with Crippen molar-refractivity contribution in [1.82, 2.24) is 4.90 Å². The summed E-state index contributed by atoms with van der Waals surface area (Å²) in [5, 5.41) is 3.33. The van der Waals surface area contributed by atoms with Gasteiger partial charge in [0, 0.05) is 66.5 Å². The molecule has 0 aromatic heterocycles. The summed E-state index contributed by atoms with van der Waals surface area (Å²) in [5.41, 5.74) is 2.54. The molecule has 19 heteroatoms. The number of methoxy groups -OCH3 is 1. The Labute approximate surface area is 339 Å². The number of amides is 1. The van der Waals surface area contributed by atoms with E-state index in [-0.39, 0.29) is 69.2 Å². The van der Waals surface area contributed by atoms with E-state index in [4.69, 9.17) is 9.15 Å². The van der Waals surface area contributed by atoms with Gasteiger partial charge in [0.05, 0.1) is 28.8 Å². The number of anilines is 1. The number of fused-ring (bicyclic) bond motifs is 2. The Balaban J connectivity index is 1.53. The SMILES string of the molecule is COC(=O)CCCN(C)C(=O)c1ccccc1-c1c2cc(S(=O)(=O)O)c(=NCc3ccc(S(=O)(=O)O)cc3)cc-2oc2cc(NCc3ccccc3S(=O)(=O)O)ccc12. The molecule has 0 spiro atoms. The fourth-order valence-corrected chi connectivity index (χ4v) is 8.29. The quantitative estimate of drug-likeness (QED) is 0.0585. The number of carbonyl (C=O) groups is 2. The normalized spacial score (nSPS) is 12.5. The lowest BCUT2D eigenvalue weighted by Gasteiger charge is -2.22. The van der Waals surface area contributed by atoms with E-state index >= 15 is 0 Å². The molecule has 16 nitrogen and oxygen atoms in total. The largest absolute Gasteiger partial charge is 0.469 e. The van der Waals surface area contributed by atoms with Gasteiger partial charge < -0.3 is 19.4 Å². The maximum Gasteiger partial charge on any atom is 0.305 e. The maximum atomic E-state index is 14.0. The second-order valence-electron chi connectivity index (χ2n) is 13.3. The van der Waals surface area contributed by atoms with Crippen molar-refractivity contribution < 1.29 is 57.7 Å². The molecule has 0 radical (unpaired) electrons. The van der Waals surface area contributed by atoms with E-state index in [1.165, 1.54) is 54.5 Å². The Kier molecular flexibility index (Phi) is 12.4. The van der Waals surface area contributed by atoms with Crippen LogP contribution in [0, 0.1) is 0 Å². The van der Waals surface area contributed by atoms with Crippen molar-refractivity contribution in [3.8, 4) is 22.5 Å². The molecule has 1 heterocycles. The van der Waals surface area contributed by atoms with Crippen molar-refractivity contribution >= 4 is 58.9 Å². The van der Waals surface area contributed by atoms with E-state index < -0.39 is 47.1 Å². The third kappa shape index (κ3) is 9.85. The van der Waals surface area contributed by atoms with Crippen LogP contribution in [-0.4, -0.2) is 76.4 Å². The van der Waals surface area contributed by atoms with Gasteiger partial charge in [0.25, 0.3) is 36.3 Å². The highest BCUT2D eigenvalue weighted by Gasteiger charge is 2.26. The van der Waals surface area contributed by atoms with Gasteiger partial charge in [-0.15, -0.1) is 0 Å². The summed E-state index contributed by atoms with van der Waals surface area (Å²) >= 11 is 0. The zero-order valence-electron chi connectivity index (χ0n) is 31.4. The smallest absolute Gasteiger partial charge is 0.305 e. The summed E-state index contributed by atoms with van der Waals surface area (Å²) in [6, 6.07) is 25.0. The van der Waals surface area contributed by atoms with Gasteiger partial charge in [-0.2, -0.15) is 25.3 Å². The highest BCUT2D eigenvalue weighted by molar-refractivity contribution is 7.86. The number of nitrogens with one attached hydrogen (secondary N) is 1. The first-order chi connectivity index (χ1) is 27.8. The second-order valence-corrected chi connectivity index (χ2v) is 17.5. The molecule has 0 bridgehead atoms. The summed E-state index contributed by atoms with van der Waals surface area (Å²) < 4.78 is 114. The van der Waals surface area contributed by atoms with Gasteiger partial charge in [-0.05, 0) is 65.6 Å². The van der Waals surface area contributed by atoms with Crippen LogP contribution in [0.25, 0.3) is 33.4 Å². The van der Waals surface area contributed by atoms with Crippen LogP contribution >= 0.6 is 0 Å². The third-order valence-corrected chi connectivity index (χ3v) is 12.0. The number of rotatable bonds is 14. The first kappa shape index (κ1) is 42.6. The van der Waals surface area contributed by atoms with E-state index in [1.54, 1.807) is 55.6 Å². The van der Waals surface area contributed by atoms with Crippen LogP contribution in [0.3, 0.4) is 0 Å². The van der Waals surface area contributed by atoms with Crippen molar-refractivity contribution in [2.75, 3.05) is 26.0 Å².